The lowest BCUT2D eigenvalue weighted by molar-refractivity contribution is 1.13. The Morgan fingerprint density at radius 1 is 1.47 bits per heavy atom. The molecule has 78 valence electrons. The number of nitrogens with zero attached hydrogens (tertiary/aromatic N) is 1. The van der Waals surface area contributed by atoms with Crippen molar-refractivity contribution in [3.63, 3.8) is 0 Å². The first-order valence-corrected chi connectivity index (χ1v) is 5.62. The molecule has 0 saturated carbocycles. The number of thiophene rings is 1. The van der Waals surface area contributed by atoms with E-state index in [1.54, 1.807) is 17.5 Å². The number of pyridine rings is 1. The van der Waals surface area contributed by atoms with E-state index in [1.165, 1.54) is 4.88 Å². The summed E-state index contributed by atoms with van der Waals surface area (Å²) in [6, 6.07) is 5.87. The van der Waals surface area contributed by atoms with Gasteiger partial charge in [-0.15, -0.1) is 11.3 Å². The molecule has 0 aliphatic heterocycles. The van der Waals surface area contributed by atoms with E-state index >= 15 is 0 Å². The van der Waals surface area contributed by atoms with E-state index in [0.717, 1.165) is 23.6 Å². The van der Waals surface area contributed by atoms with Gasteiger partial charge < -0.3 is 11.1 Å². The van der Waals surface area contributed by atoms with Gasteiger partial charge in [-0.25, -0.2) is 0 Å². The third-order valence-electron chi connectivity index (χ3n) is 2.23. The van der Waals surface area contributed by atoms with Crippen LogP contribution in [0.1, 0.15) is 10.6 Å². The number of nitrogen functional groups attached to an aromatic ring is 1. The molecule has 0 unspecified atom stereocenters. The van der Waals surface area contributed by atoms with Crippen LogP contribution >= 0.6 is 11.3 Å². The highest BCUT2D eigenvalue weighted by Crippen LogP contribution is 2.20. The summed E-state index contributed by atoms with van der Waals surface area (Å²) in [5.74, 6) is 0. The van der Waals surface area contributed by atoms with Crippen molar-refractivity contribution in [3.8, 4) is 0 Å². The number of aryl methyl sites for hydroxylation is 1. The fraction of sp³-hybridized carbons (Fsp3) is 0.182. The Morgan fingerprint density at radius 3 is 3.00 bits per heavy atom. The molecule has 0 aliphatic carbocycles. The van der Waals surface area contributed by atoms with E-state index in [2.05, 4.69) is 10.3 Å². The van der Waals surface area contributed by atoms with Crippen molar-refractivity contribution >= 4 is 22.7 Å². The molecule has 0 aromatic carbocycles. The largest absolute Gasteiger partial charge is 0.398 e. The Kier molecular flexibility index (Phi) is 2.87. The van der Waals surface area contributed by atoms with Crippen molar-refractivity contribution in [1.29, 1.82) is 0 Å². The minimum absolute atomic E-state index is 0.760. The third kappa shape index (κ3) is 2.27. The van der Waals surface area contributed by atoms with Crippen LogP contribution in [-0.2, 0) is 6.54 Å². The highest BCUT2D eigenvalue weighted by Gasteiger charge is 2.01. The van der Waals surface area contributed by atoms with Gasteiger partial charge in [-0.05, 0) is 30.5 Å². The van der Waals surface area contributed by atoms with Crippen LogP contribution < -0.4 is 11.1 Å². The quantitative estimate of drug-likeness (QED) is 0.834. The van der Waals surface area contributed by atoms with Crippen molar-refractivity contribution in [2.75, 3.05) is 11.1 Å². The van der Waals surface area contributed by atoms with Gasteiger partial charge in [0.05, 0.1) is 17.9 Å². The van der Waals surface area contributed by atoms with Gasteiger partial charge in [-0.2, -0.15) is 0 Å². The van der Waals surface area contributed by atoms with Gasteiger partial charge in [0.25, 0.3) is 0 Å². The molecule has 2 rings (SSSR count). The molecule has 0 fully saturated rings. The summed E-state index contributed by atoms with van der Waals surface area (Å²) in [4.78, 5) is 5.38. The van der Waals surface area contributed by atoms with Gasteiger partial charge >= 0.3 is 0 Å². The zero-order valence-electron chi connectivity index (χ0n) is 8.53. The molecule has 3 nitrogen and oxygen atoms in total. The van der Waals surface area contributed by atoms with Crippen molar-refractivity contribution < 1.29 is 0 Å². The van der Waals surface area contributed by atoms with Crippen molar-refractivity contribution in [1.82, 2.24) is 4.98 Å². The predicted molar refractivity (Wildman–Crippen MR) is 65.0 cm³/mol. The van der Waals surface area contributed by atoms with E-state index in [4.69, 9.17) is 5.73 Å². The lowest BCUT2D eigenvalue weighted by Gasteiger charge is -2.07. The molecular formula is C11H13N3S. The second kappa shape index (κ2) is 4.31. The van der Waals surface area contributed by atoms with Crippen molar-refractivity contribution in [2.24, 2.45) is 0 Å². The number of nitrogens with one attached hydrogen (secondary N) is 1. The molecule has 3 N–H and O–H groups in total. The molecule has 0 amide bonds. The molecular weight excluding hydrogens is 206 g/mol. The molecule has 4 heteroatoms. The average Bonchev–Trinajstić information content (AvgIpc) is 2.63. The first-order valence-electron chi connectivity index (χ1n) is 4.74. The monoisotopic (exact) mass is 219 g/mol. The second-order valence-electron chi connectivity index (χ2n) is 3.29. The number of nitrogens with two attached hydrogens (primary N) is 1. The molecule has 0 spiro atoms. The fourth-order valence-electron chi connectivity index (χ4n) is 1.34. The zero-order chi connectivity index (χ0) is 10.7. The van der Waals surface area contributed by atoms with E-state index in [1.807, 2.05) is 30.5 Å². The number of aromatic nitrogens is 1. The fourth-order valence-corrected chi connectivity index (χ4v) is 2.08. The summed E-state index contributed by atoms with van der Waals surface area (Å²) in [7, 11) is 0. The minimum Gasteiger partial charge on any atom is -0.398 e. The molecule has 0 aliphatic rings. The van der Waals surface area contributed by atoms with Gasteiger partial charge in [-0.1, -0.05) is 0 Å². The van der Waals surface area contributed by atoms with Gasteiger partial charge in [0, 0.05) is 16.8 Å². The molecule has 0 radical (unpaired) electrons. The van der Waals surface area contributed by atoms with Crippen LogP contribution in [0.5, 0.6) is 0 Å². The standard InChI is InChI=1S/C11H13N3S/c1-8-10(3-2-5-13-8)14-7-11-9(12)4-6-15-11/h2-6,14H,7,12H2,1H3. The van der Waals surface area contributed by atoms with Crippen LogP contribution in [0.25, 0.3) is 0 Å². The molecule has 2 heterocycles. The minimum atomic E-state index is 0.760. The maximum atomic E-state index is 5.80. The summed E-state index contributed by atoms with van der Waals surface area (Å²) in [5.41, 5.74) is 8.72. The van der Waals surface area contributed by atoms with E-state index in [-0.39, 0.29) is 0 Å². The van der Waals surface area contributed by atoms with Crippen LogP contribution in [0.15, 0.2) is 29.8 Å². The Labute approximate surface area is 93.0 Å². The summed E-state index contributed by atoms with van der Waals surface area (Å²) >= 11 is 1.67. The summed E-state index contributed by atoms with van der Waals surface area (Å²) in [6.45, 7) is 2.75. The number of hydrogen-bond acceptors (Lipinski definition) is 4. The van der Waals surface area contributed by atoms with Crippen LogP contribution in [0.4, 0.5) is 11.4 Å². The molecule has 2 aromatic rings. The van der Waals surface area contributed by atoms with Crippen LogP contribution in [-0.4, -0.2) is 4.98 Å². The van der Waals surface area contributed by atoms with Gasteiger partial charge in [-0.3, -0.25) is 4.98 Å². The number of rotatable bonds is 3. The average molecular weight is 219 g/mol. The van der Waals surface area contributed by atoms with Crippen molar-refractivity contribution in [2.45, 2.75) is 13.5 Å². The SMILES string of the molecule is Cc1ncccc1NCc1sccc1N. The lowest BCUT2D eigenvalue weighted by Crippen LogP contribution is -2.02. The number of anilines is 2. The van der Waals surface area contributed by atoms with E-state index in [9.17, 15) is 0 Å². The molecule has 15 heavy (non-hydrogen) atoms. The number of hydrogen-bond donors (Lipinski definition) is 2. The van der Waals surface area contributed by atoms with Gasteiger partial charge in [0.2, 0.25) is 0 Å². The van der Waals surface area contributed by atoms with Crippen LogP contribution in [0, 0.1) is 6.92 Å². The Morgan fingerprint density at radius 2 is 2.33 bits per heavy atom. The van der Waals surface area contributed by atoms with E-state index in [0.29, 0.717) is 0 Å². The molecule has 2 aromatic heterocycles. The first kappa shape index (κ1) is 9.98. The maximum Gasteiger partial charge on any atom is 0.0603 e. The normalized spacial score (nSPS) is 10.2. The Bertz CT molecular complexity index is 451. The first-order chi connectivity index (χ1) is 7.27. The van der Waals surface area contributed by atoms with Gasteiger partial charge in [0.15, 0.2) is 0 Å². The Balaban J connectivity index is 2.06. The highest BCUT2D eigenvalue weighted by atomic mass is 32.1. The summed E-state index contributed by atoms with van der Waals surface area (Å²) in [5, 5.41) is 5.33. The second-order valence-corrected chi connectivity index (χ2v) is 4.29. The molecule has 0 saturated heterocycles. The Hall–Kier alpha value is -1.55. The zero-order valence-corrected chi connectivity index (χ0v) is 9.34. The summed E-state index contributed by atoms with van der Waals surface area (Å²) < 4.78 is 0. The molecule has 0 atom stereocenters. The van der Waals surface area contributed by atoms with Gasteiger partial charge in [0.1, 0.15) is 0 Å². The predicted octanol–water partition coefficient (Wildman–Crippen LogP) is 2.65. The highest BCUT2D eigenvalue weighted by molar-refractivity contribution is 7.10. The topological polar surface area (TPSA) is 50.9 Å². The van der Waals surface area contributed by atoms with Crippen LogP contribution in [0.3, 0.4) is 0 Å². The van der Waals surface area contributed by atoms with E-state index < -0.39 is 0 Å². The molecule has 0 bridgehead atoms. The van der Waals surface area contributed by atoms with Crippen LogP contribution in [0.2, 0.25) is 0 Å². The van der Waals surface area contributed by atoms with Crippen molar-refractivity contribution in [3.05, 3.63) is 40.3 Å². The lowest BCUT2D eigenvalue weighted by atomic mass is 10.3. The third-order valence-corrected chi connectivity index (χ3v) is 3.16. The maximum absolute atomic E-state index is 5.80. The smallest absolute Gasteiger partial charge is 0.0603 e. The summed E-state index contributed by atoms with van der Waals surface area (Å²) in [6.07, 6.45) is 1.79.